The lowest BCUT2D eigenvalue weighted by Gasteiger charge is -2.34. The number of rotatable bonds is 4. The molecule has 4 rings (SSSR count). The van der Waals surface area contributed by atoms with Gasteiger partial charge in [-0.1, -0.05) is 6.07 Å². The number of anilines is 4. The predicted octanol–water partition coefficient (Wildman–Crippen LogP) is 4.86. The molecule has 0 spiro atoms. The third-order valence-corrected chi connectivity index (χ3v) is 5.98. The fourth-order valence-electron chi connectivity index (χ4n) is 3.95. The molecule has 0 atom stereocenters. The Morgan fingerprint density at radius 3 is 2.21 bits per heavy atom. The van der Waals surface area contributed by atoms with Crippen LogP contribution in [0.5, 0.6) is 0 Å². The summed E-state index contributed by atoms with van der Waals surface area (Å²) < 4.78 is 39.4. The average molecular weight is 457 g/mol. The molecule has 0 amide bonds. The molecule has 9 heteroatoms. The molecule has 2 aromatic carbocycles. The van der Waals surface area contributed by atoms with Crippen molar-refractivity contribution in [1.82, 2.24) is 14.9 Å². The van der Waals surface area contributed by atoms with E-state index in [0.717, 1.165) is 43.6 Å². The number of piperazine rings is 1. The second kappa shape index (κ2) is 8.90. The first-order chi connectivity index (χ1) is 15.6. The summed E-state index contributed by atoms with van der Waals surface area (Å²) in [6.07, 6.45) is -4.40. The van der Waals surface area contributed by atoms with Crippen LogP contribution in [0, 0.1) is 13.8 Å². The topological polar surface area (TPSA) is 70.3 Å². The van der Waals surface area contributed by atoms with Gasteiger partial charge in [-0.3, -0.25) is 0 Å². The largest absolute Gasteiger partial charge is 0.416 e. The van der Waals surface area contributed by atoms with Crippen LogP contribution in [0.3, 0.4) is 0 Å². The van der Waals surface area contributed by atoms with Crippen molar-refractivity contribution >= 4 is 23.1 Å². The minimum Gasteiger partial charge on any atom is -0.383 e. The van der Waals surface area contributed by atoms with Crippen LogP contribution in [0.25, 0.3) is 11.3 Å². The number of nitrogen functional groups attached to an aromatic ring is 1. The lowest BCUT2D eigenvalue weighted by Crippen LogP contribution is -2.44. The number of halogens is 3. The highest BCUT2D eigenvalue weighted by Crippen LogP contribution is 2.35. The molecule has 1 fully saturated rings. The van der Waals surface area contributed by atoms with Crippen molar-refractivity contribution in [1.29, 1.82) is 0 Å². The van der Waals surface area contributed by atoms with Crippen LogP contribution < -0.4 is 16.0 Å². The maximum Gasteiger partial charge on any atom is 0.416 e. The van der Waals surface area contributed by atoms with Crippen molar-refractivity contribution < 1.29 is 13.2 Å². The van der Waals surface area contributed by atoms with Crippen LogP contribution in [-0.2, 0) is 6.18 Å². The lowest BCUT2D eigenvalue weighted by atomic mass is 10.0. The minimum absolute atomic E-state index is 0.130. The van der Waals surface area contributed by atoms with E-state index in [1.807, 2.05) is 24.3 Å². The Kier molecular flexibility index (Phi) is 6.16. The number of hydrogen-bond acceptors (Lipinski definition) is 6. The first-order valence-corrected chi connectivity index (χ1v) is 10.7. The normalized spacial score (nSPS) is 15.0. The second-order valence-corrected chi connectivity index (χ2v) is 8.40. The van der Waals surface area contributed by atoms with Gasteiger partial charge in [-0.05, 0) is 62.9 Å². The number of hydrogen-bond donors (Lipinski definition) is 2. The van der Waals surface area contributed by atoms with Crippen LogP contribution in [0.4, 0.5) is 36.3 Å². The molecular weight excluding hydrogens is 429 g/mol. The maximum absolute atomic E-state index is 13.1. The number of nitrogens with one attached hydrogen (secondary N) is 1. The number of alkyl halides is 3. The summed E-state index contributed by atoms with van der Waals surface area (Å²) in [5, 5.41) is 3.16. The molecule has 0 bridgehead atoms. The van der Waals surface area contributed by atoms with Crippen molar-refractivity contribution in [3.63, 3.8) is 0 Å². The van der Waals surface area contributed by atoms with E-state index in [1.54, 1.807) is 6.92 Å². The quantitative estimate of drug-likeness (QED) is 0.585. The number of benzene rings is 2. The Bertz CT molecular complexity index is 1140. The van der Waals surface area contributed by atoms with Gasteiger partial charge in [0.15, 0.2) is 0 Å². The highest BCUT2D eigenvalue weighted by molar-refractivity contribution is 5.71. The minimum atomic E-state index is -4.40. The van der Waals surface area contributed by atoms with Crippen molar-refractivity contribution in [2.75, 3.05) is 49.2 Å². The number of aromatic nitrogens is 2. The molecular formula is C24H27F3N6. The molecule has 3 aromatic rings. The van der Waals surface area contributed by atoms with Crippen molar-refractivity contribution in [3.05, 3.63) is 59.2 Å². The van der Waals surface area contributed by atoms with E-state index in [0.29, 0.717) is 16.8 Å². The smallest absolute Gasteiger partial charge is 0.383 e. The van der Waals surface area contributed by atoms with E-state index < -0.39 is 11.7 Å². The molecule has 1 aliphatic rings. The van der Waals surface area contributed by atoms with E-state index in [4.69, 9.17) is 5.73 Å². The first-order valence-electron chi connectivity index (χ1n) is 10.7. The van der Waals surface area contributed by atoms with Crippen molar-refractivity contribution in [2.45, 2.75) is 20.0 Å². The molecule has 1 aliphatic heterocycles. The zero-order valence-corrected chi connectivity index (χ0v) is 18.9. The van der Waals surface area contributed by atoms with Crippen molar-refractivity contribution in [3.8, 4) is 11.3 Å². The summed E-state index contributed by atoms with van der Waals surface area (Å²) in [6.45, 7) is 7.22. The fraction of sp³-hybridized carbons (Fsp3) is 0.333. The van der Waals surface area contributed by atoms with Gasteiger partial charge in [0.05, 0.1) is 11.3 Å². The standard InChI is InChI=1S/C24H27F3N6/c1-15-14-17(4-9-20(15)24(25,26)27)21-16(2)22(28)31-23(30-21)29-18-5-7-19(8-6-18)33-12-10-32(3)11-13-33/h4-9,14H,10-13H2,1-3H3,(H3,28,29,30,31). The van der Waals surface area contributed by atoms with Gasteiger partial charge in [0, 0.05) is 48.7 Å². The zero-order valence-electron chi connectivity index (χ0n) is 18.9. The summed E-state index contributed by atoms with van der Waals surface area (Å²) in [5.41, 5.74) is 9.19. The van der Waals surface area contributed by atoms with E-state index in [9.17, 15) is 13.2 Å². The van der Waals surface area contributed by atoms with Crippen LogP contribution >= 0.6 is 0 Å². The number of nitrogens with zero attached hydrogens (tertiary/aromatic N) is 4. The average Bonchev–Trinajstić information content (AvgIpc) is 2.76. The van der Waals surface area contributed by atoms with E-state index in [1.165, 1.54) is 19.1 Å². The molecule has 0 saturated carbocycles. The predicted molar refractivity (Wildman–Crippen MR) is 126 cm³/mol. The molecule has 6 nitrogen and oxygen atoms in total. The monoisotopic (exact) mass is 456 g/mol. The molecule has 2 heterocycles. The first kappa shape index (κ1) is 22.8. The Labute approximate surface area is 191 Å². The van der Waals surface area contributed by atoms with Gasteiger partial charge in [0.2, 0.25) is 5.95 Å². The maximum atomic E-state index is 13.1. The fourth-order valence-corrected chi connectivity index (χ4v) is 3.95. The van der Waals surface area contributed by atoms with Gasteiger partial charge < -0.3 is 20.9 Å². The van der Waals surface area contributed by atoms with Crippen LogP contribution in [-0.4, -0.2) is 48.1 Å². The number of aryl methyl sites for hydroxylation is 1. The summed E-state index contributed by atoms with van der Waals surface area (Å²) in [5.74, 6) is 0.562. The Morgan fingerprint density at radius 2 is 1.61 bits per heavy atom. The van der Waals surface area contributed by atoms with Gasteiger partial charge >= 0.3 is 6.18 Å². The summed E-state index contributed by atoms with van der Waals surface area (Å²) in [7, 11) is 2.12. The Morgan fingerprint density at radius 1 is 0.939 bits per heavy atom. The van der Waals surface area contributed by atoms with Crippen LogP contribution in [0.2, 0.25) is 0 Å². The summed E-state index contributed by atoms with van der Waals surface area (Å²) in [4.78, 5) is 13.5. The van der Waals surface area contributed by atoms with E-state index in [-0.39, 0.29) is 17.3 Å². The van der Waals surface area contributed by atoms with Gasteiger partial charge in [-0.15, -0.1) is 0 Å². The molecule has 0 unspecified atom stereocenters. The molecule has 0 aliphatic carbocycles. The molecule has 33 heavy (non-hydrogen) atoms. The van der Waals surface area contributed by atoms with Gasteiger partial charge in [-0.25, -0.2) is 4.98 Å². The van der Waals surface area contributed by atoms with Gasteiger partial charge in [0.1, 0.15) is 5.82 Å². The SMILES string of the molecule is Cc1cc(-c2nc(Nc3ccc(N4CCN(C)CC4)cc3)nc(N)c2C)ccc1C(F)(F)F. The second-order valence-electron chi connectivity index (χ2n) is 8.40. The summed E-state index contributed by atoms with van der Waals surface area (Å²) >= 11 is 0. The Balaban J connectivity index is 1.57. The molecule has 1 aromatic heterocycles. The van der Waals surface area contributed by atoms with Crippen LogP contribution in [0.1, 0.15) is 16.7 Å². The third kappa shape index (κ3) is 5.03. The molecule has 3 N–H and O–H groups in total. The highest BCUT2D eigenvalue weighted by atomic mass is 19.4. The van der Waals surface area contributed by atoms with Crippen LogP contribution in [0.15, 0.2) is 42.5 Å². The molecule has 0 radical (unpaired) electrons. The van der Waals surface area contributed by atoms with E-state index in [2.05, 4.69) is 32.1 Å². The number of nitrogens with two attached hydrogens (primary N) is 1. The molecule has 174 valence electrons. The zero-order chi connectivity index (χ0) is 23.8. The third-order valence-electron chi connectivity index (χ3n) is 5.98. The van der Waals surface area contributed by atoms with Crippen molar-refractivity contribution in [2.24, 2.45) is 0 Å². The molecule has 1 saturated heterocycles. The lowest BCUT2D eigenvalue weighted by molar-refractivity contribution is -0.138. The van der Waals surface area contributed by atoms with Gasteiger partial charge in [-0.2, -0.15) is 18.2 Å². The summed E-state index contributed by atoms with van der Waals surface area (Å²) in [6, 6.07) is 12.0. The number of likely N-dealkylation sites (N-methyl/N-ethyl adjacent to an activating group) is 1. The highest BCUT2D eigenvalue weighted by Gasteiger charge is 2.32. The van der Waals surface area contributed by atoms with Gasteiger partial charge in [0.25, 0.3) is 0 Å². The van der Waals surface area contributed by atoms with E-state index >= 15 is 0 Å². The Hall–Kier alpha value is -3.33.